The lowest BCUT2D eigenvalue weighted by Gasteiger charge is -2.39. The molecule has 0 aromatic heterocycles. The van der Waals surface area contributed by atoms with Crippen molar-refractivity contribution in [3.8, 4) is 0 Å². The van der Waals surface area contributed by atoms with Crippen LogP contribution in [0.5, 0.6) is 0 Å². The van der Waals surface area contributed by atoms with E-state index < -0.39 is 0 Å². The van der Waals surface area contributed by atoms with Gasteiger partial charge in [0.15, 0.2) is 0 Å². The van der Waals surface area contributed by atoms with Gasteiger partial charge in [0.05, 0.1) is 6.17 Å². The molecule has 6 heteroatoms. The molecule has 0 bridgehead atoms. The fourth-order valence-electron chi connectivity index (χ4n) is 2.90. The van der Waals surface area contributed by atoms with Crippen LogP contribution in [0, 0.1) is 0 Å². The zero-order valence-electron chi connectivity index (χ0n) is 11.6. The summed E-state index contributed by atoms with van der Waals surface area (Å²) in [5.41, 5.74) is 0. The Balaban J connectivity index is 1.89. The fourth-order valence-corrected chi connectivity index (χ4v) is 2.90. The summed E-state index contributed by atoms with van der Waals surface area (Å²) in [4.78, 5) is 16.3. The van der Waals surface area contributed by atoms with Gasteiger partial charge in [0.1, 0.15) is 0 Å². The summed E-state index contributed by atoms with van der Waals surface area (Å²) < 4.78 is 0. The molecule has 0 spiro atoms. The molecule has 6 nitrogen and oxygen atoms in total. The van der Waals surface area contributed by atoms with Crippen LogP contribution in [0.15, 0.2) is 0 Å². The lowest BCUT2D eigenvalue weighted by atomic mass is 10.1. The highest BCUT2D eigenvalue weighted by atomic mass is 16.2. The predicted octanol–water partition coefficient (Wildman–Crippen LogP) is -0.204. The van der Waals surface area contributed by atoms with Crippen LogP contribution in [0.3, 0.4) is 0 Å². The summed E-state index contributed by atoms with van der Waals surface area (Å²) in [6.07, 6.45) is 4.20. The van der Waals surface area contributed by atoms with Gasteiger partial charge in [-0.25, -0.2) is 4.79 Å². The highest BCUT2D eigenvalue weighted by Crippen LogP contribution is 2.17. The highest BCUT2D eigenvalue weighted by Gasteiger charge is 2.31. The molecule has 3 N–H and O–H groups in total. The van der Waals surface area contributed by atoms with Crippen LogP contribution in [0.2, 0.25) is 0 Å². The van der Waals surface area contributed by atoms with E-state index in [1.165, 1.54) is 0 Å². The molecule has 2 fully saturated rings. The van der Waals surface area contributed by atoms with Gasteiger partial charge in [0.2, 0.25) is 0 Å². The number of nitrogens with one attached hydrogen (secondary N) is 2. The Morgan fingerprint density at radius 1 is 1.11 bits per heavy atom. The highest BCUT2D eigenvalue weighted by molar-refractivity contribution is 5.76. The Bertz CT molecular complexity index is 282. The van der Waals surface area contributed by atoms with Gasteiger partial charge in [-0.1, -0.05) is 6.42 Å². The third kappa shape index (κ3) is 4.06. The molecule has 2 amide bonds. The van der Waals surface area contributed by atoms with Crippen molar-refractivity contribution in [3.05, 3.63) is 0 Å². The maximum absolute atomic E-state index is 11.9. The predicted molar refractivity (Wildman–Crippen MR) is 73.9 cm³/mol. The van der Waals surface area contributed by atoms with Gasteiger partial charge < -0.3 is 20.6 Å². The SMILES string of the molecule is O=C1NCCN1C(CCCCCO)N1CCNCC1. The number of aliphatic hydroxyl groups excluding tert-OH is 1. The van der Waals surface area contributed by atoms with Gasteiger partial charge in [0.25, 0.3) is 0 Å². The van der Waals surface area contributed by atoms with E-state index in [1.54, 1.807) is 0 Å². The van der Waals surface area contributed by atoms with Gasteiger partial charge in [-0.3, -0.25) is 4.90 Å². The number of aliphatic hydroxyl groups is 1. The Hall–Kier alpha value is -0.850. The first kappa shape index (κ1) is 14.6. The maximum atomic E-state index is 11.9. The van der Waals surface area contributed by atoms with Gasteiger partial charge in [-0.05, 0) is 19.3 Å². The largest absolute Gasteiger partial charge is 0.396 e. The Kier molecular flexibility index (Phi) is 5.88. The minimum atomic E-state index is 0.0747. The van der Waals surface area contributed by atoms with E-state index in [1.807, 2.05) is 4.90 Å². The monoisotopic (exact) mass is 270 g/mol. The zero-order chi connectivity index (χ0) is 13.5. The standard InChI is InChI=1S/C13H26N4O2/c18-11-3-1-2-4-12(16-8-5-14-6-9-16)17-10-7-15-13(17)19/h12,14,18H,1-11H2,(H,15,19). The molecule has 1 unspecified atom stereocenters. The molecule has 19 heavy (non-hydrogen) atoms. The van der Waals surface area contributed by atoms with Crippen molar-refractivity contribution >= 4 is 6.03 Å². The summed E-state index contributed by atoms with van der Waals surface area (Å²) in [5.74, 6) is 0. The molecule has 0 radical (unpaired) electrons. The lowest BCUT2D eigenvalue weighted by Crippen LogP contribution is -2.55. The first-order valence-electron chi connectivity index (χ1n) is 7.43. The van der Waals surface area contributed by atoms with Crippen LogP contribution >= 0.6 is 0 Å². The second-order valence-corrected chi connectivity index (χ2v) is 5.26. The molecule has 2 rings (SSSR count). The van der Waals surface area contributed by atoms with Crippen molar-refractivity contribution in [2.45, 2.75) is 31.8 Å². The molecule has 2 aliphatic heterocycles. The normalized spacial score (nSPS) is 22.6. The molecule has 1 atom stereocenters. The quantitative estimate of drug-likeness (QED) is 0.560. The van der Waals surface area contributed by atoms with Crippen LogP contribution in [0.4, 0.5) is 4.79 Å². The average molecular weight is 270 g/mol. The minimum absolute atomic E-state index is 0.0747. The van der Waals surface area contributed by atoms with Crippen LogP contribution in [0.25, 0.3) is 0 Å². The smallest absolute Gasteiger partial charge is 0.318 e. The molecule has 0 aliphatic carbocycles. The first-order chi connectivity index (χ1) is 9.33. The molecule has 2 aliphatic rings. The summed E-state index contributed by atoms with van der Waals surface area (Å²) in [6, 6.07) is 0.0747. The van der Waals surface area contributed by atoms with E-state index in [-0.39, 0.29) is 18.8 Å². The third-order valence-corrected chi connectivity index (χ3v) is 3.94. The maximum Gasteiger partial charge on any atom is 0.318 e. The fraction of sp³-hybridized carbons (Fsp3) is 0.923. The van der Waals surface area contributed by atoms with Crippen molar-refractivity contribution < 1.29 is 9.90 Å². The first-order valence-corrected chi connectivity index (χ1v) is 7.43. The van der Waals surface area contributed by atoms with Gasteiger partial charge in [0, 0.05) is 45.9 Å². The van der Waals surface area contributed by atoms with Crippen molar-refractivity contribution in [1.29, 1.82) is 0 Å². The van der Waals surface area contributed by atoms with Crippen LogP contribution in [0.1, 0.15) is 25.7 Å². The van der Waals surface area contributed by atoms with Gasteiger partial charge >= 0.3 is 6.03 Å². The number of rotatable bonds is 7. The van der Waals surface area contributed by atoms with Gasteiger partial charge in [-0.15, -0.1) is 0 Å². The summed E-state index contributed by atoms with van der Waals surface area (Å²) in [7, 11) is 0. The zero-order valence-corrected chi connectivity index (χ0v) is 11.6. The average Bonchev–Trinajstić information content (AvgIpc) is 2.86. The molecular formula is C13H26N4O2. The summed E-state index contributed by atoms with van der Waals surface area (Å²) >= 11 is 0. The van der Waals surface area contributed by atoms with E-state index in [2.05, 4.69) is 15.5 Å². The molecule has 0 aromatic carbocycles. The number of amides is 2. The van der Waals surface area contributed by atoms with Crippen LogP contribution in [-0.2, 0) is 0 Å². The number of piperazine rings is 1. The number of carbonyl (C=O) groups excluding carboxylic acids is 1. The molecule has 0 saturated carbocycles. The van der Waals surface area contributed by atoms with Crippen molar-refractivity contribution in [2.75, 3.05) is 45.9 Å². The van der Waals surface area contributed by atoms with E-state index in [0.29, 0.717) is 0 Å². The Morgan fingerprint density at radius 2 is 1.89 bits per heavy atom. The van der Waals surface area contributed by atoms with Crippen molar-refractivity contribution in [2.24, 2.45) is 0 Å². The molecular weight excluding hydrogens is 244 g/mol. The van der Waals surface area contributed by atoms with E-state index in [0.717, 1.165) is 65.0 Å². The number of carbonyl (C=O) groups is 1. The van der Waals surface area contributed by atoms with Crippen molar-refractivity contribution in [3.63, 3.8) is 0 Å². The number of unbranched alkanes of at least 4 members (excludes halogenated alkanes) is 2. The third-order valence-electron chi connectivity index (χ3n) is 3.94. The number of hydrogen-bond donors (Lipinski definition) is 3. The van der Waals surface area contributed by atoms with E-state index in [9.17, 15) is 4.79 Å². The van der Waals surface area contributed by atoms with E-state index in [4.69, 9.17) is 5.11 Å². The molecule has 0 aromatic rings. The Labute approximate surface area is 115 Å². The van der Waals surface area contributed by atoms with Crippen LogP contribution < -0.4 is 10.6 Å². The molecule has 2 saturated heterocycles. The van der Waals surface area contributed by atoms with E-state index >= 15 is 0 Å². The van der Waals surface area contributed by atoms with Crippen molar-refractivity contribution in [1.82, 2.24) is 20.4 Å². The molecule has 2 heterocycles. The second-order valence-electron chi connectivity index (χ2n) is 5.26. The number of urea groups is 1. The minimum Gasteiger partial charge on any atom is -0.396 e. The number of nitrogens with zero attached hydrogens (tertiary/aromatic N) is 2. The number of hydrogen-bond acceptors (Lipinski definition) is 4. The topological polar surface area (TPSA) is 67.8 Å². The molecule has 110 valence electrons. The van der Waals surface area contributed by atoms with Gasteiger partial charge in [-0.2, -0.15) is 0 Å². The van der Waals surface area contributed by atoms with Crippen LogP contribution in [-0.4, -0.2) is 73.0 Å². The summed E-state index contributed by atoms with van der Waals surface area (Å²) in [5, 5.41) is 15.1. The summed E-state index contributed by atoms with van der Waals surface area (Å²) in [6.45, 7) is 5.86. The Morgan fingerprint density at radius 3 is 2.53 bits per heavy atom. The lowest BCUT2D eigenvalue weighted by molar-refractivity contribution is 0.0604. The second kappa shape index (κ2) is 7.67.